The first kappa shape index (κ1) is 16.3. The van der Waals surface area contributed by atoms with Crippen LogP contribution >= 0.6 is 0 Å². The van der Waals surface area contributed by atoms with Crippen molar-refractivity contribution in [3.63, 3.8) is 0 Å². The summed E-state index contributed by atoms with van der Waals surface area (Å²) in [5.41, 5.74) is 7.50. The molecule has 0 spiro atoms. The summed E-state index contributed by atoms with van der Waals surface area (Å²) >= 11 is 0. The monoisotopic (exact) mass is 300 g/mol. The standard InChI is InChI=1S/C22H36/c1-17-15-19-11-7-3-5-9-13-21(19)22-14-10-6-4-8-12-20(22)16-18(17)2/h17-18H,3-16H2,1-2H3/b21-19-,22-20-/t17-,18-/m1/s1. The lowest BCUT2D eigenvalue weighted by Crippen LogP contribution is -2.17. The maximum atomic E-state index is 2.52. The molecule has 0 heterocycles. The first-order chi connectivity index (χ1) is 10.8. The first-order valence-electron chi connectivity index (χ1n) is 10.2. The van der Waals surface area contributed by atoms with Gasteiger partial charge in [0.05, 0.1) is 0 Å². The molecule has 3 rings (SSSR count). The van der Waals surface area contributed by atoms with Gasteiger partial charge in [0.2, 0.25) is 0 Å². The van der Waals surface area contributed by atoms with E-state index in [9.17, 15) is 0 Å². The van der Waals surface area contributed by atoms with Gasteiger partial charge in [-0.05, 0) is 87.2 Å². The highest BCUT2D eigenvalue weighted by molar-refractivity contribution is 5.41. The molecule has 0 saturated carbocycles. The Morgan fingerprint density at radius 3 is 1.27 bits per heavy atom. The van der Waals surface area contributed by atoms with Crippen molar-refractivity contribution in [1.29, 1.82) is 0 Å². The van der Waals surface area contributed by atoms with Crippen molar-refractivity contribution in [2.75, 3.05) is 0 Å². The number of hydrogen-bond acceptors (Lipinski definition) is 0. The van der Waals surface area contributed by atoms with E-state index in [0.29, 0.717) is 0 Å². The SMILES string of the molecule is C[C@@H]1C/C2=C(CCCCCC2)\C2=C(\CCCCCC2)C[C@H]1C. The lowest BCUT2D eigenvalue weighted by atomic mass is 9.73. The van der Waals surface area contributed by atoms with E-state index in [1.54, 1.807) is 0 Å². The van der Waals surface area contributed by atoms with Crippen LogP contribution in [0.4, 0.5) is 0 Å². The van der Waals surface area contributed by atoms with Crippen LogP contribution in [0.25, 0.3) is 0 Å². The Morgan fingerprint density at radius 1 is 0.500 bits per heavy atom. The Morgan fingerprint density at radius 2 is 0.864 bits per heavy atom. The lowest BCUT2D eigenvalue weighted by Gasteiger charge is -2.33. The van der Waals surface area contributed by atoms with Crippen LogP contribution < -0.4 is 0 Å². The van der Waals surface area contributed by atoms with Crippen molar-refractivity contribution in [2.24, 2.45) is 11.8 Å². The third-order valence-corrected chi connectivity index (χ3v) is 6.64. The molecule has 22 heavy (non-hydrogen) atoms. The van der Waals surface area contributed by atoms with Gasteiger partial charge in [0.25, 0.3) is 0 Å². The molecule has 3 aliphatic rings. The van der Waals surface area contributed by atoms with Crippen LogP contribution in [0.3, 0.4) is 0 Å². The molecule has 0 radical (unpaired) electrons. The lowest BCUT2D eigenvalue weighted by molar-refractivity contribution is 0.364. The van der Waals surface area contributed by atoms with Crippen molar-refractivity contribution >= 4 is 0 Å². The molecule has 0 aromatic heterocycles. The Bertz CT molecular complexity index is 395. The van der Waals surface area contributed by atoms with E-state index >= 15 is 0 Å². The van der Waals surface area contributed by atoms with Crippen molar-refractivity contribution in [2.45, 2.75) is 104 Å². The zero-order chi connectivity index (χ0) is 15.4. The predicted octanol–water partition coefficient (Wildman–Crippen LogP) is 7.35. The van der Waals surface area contributed by atoms with E-state index < -0.39 is 0 Å². The molecule has 124 valence electrons. The van der Waals surface area contributed by atoms with Crippen molar-refractivity contribution in [1.82, 2.24) is 0 Å². The Labute approximate surface area is 138 Å². The molecule has 0 saturated heterocycles. The molecule has 3 aliphatic carbocycles. The number of fused-ring (bicyclic) bond motifs is 1. The Balaban J connectivity index is 2.00. The van der Waals surface area contributed by atoms with Gasteiger partial charge in [-0.1, -0.05) is 50.7 Å². The zero-order valence-electron chi connectivity index (χ0n) is 15.1. The van der Waals surface area contributed by atoms with Gasteiger partial charge in [-0.25, -0.2) is 0 Å². The maximum Gasteiger partial charge on any atom is -0.0277 e. The third kappa shape index (κ3) is 3.87. The molecule has 0 nitrogen and oxygen atoms in total. The van der Waals surface area contributed by atoms with Crippen LogP contribution in [-0.2, 0) is 0 Å². The third-order valence-electron chi connectivity index (χ3n) is 6.64. The molecule has 0 aliphatic heterocycles. The summed E-state index contributed by atoms with van der Waals surface area (Å²) < 4.78 is 0. The van der Waals surface area contributed by atoms with Crippen molar-refractivity contribution in [3.8, 4) is 0 Å². The topological polar surface area (TPSA) is 0 Å². The van der Waals surface area contributed by atoms with Gasteiger partial charge in [0, 0.05) is 0 Å². The molecule has 0 unspecified atom stereocenters. The molecular weight excluding hydrogens is 264 g/mol. The van der Waals surface area contributed by atoms with E-state index in [-0.39, 0.29) is 0 Å². The Kier molecular flexibility index (Phi) is 5.83. The van der Waals surface area contributed by atoms with Crippen LogP contribution in [-0.4, -0.2) is 0 Å². The van der Waals surface area contributed by atoms with E-state index in [0.717, 1.165) is 11.8 Å². The fourth-order valence-corrected chi connectivity index (χ4v) is 5.00. The molecule has 0 amide bonds. The van der Waals surface area contributed by atoms with Crippen LogP contribution in [0.1, 0.15) is 104 Å². The van der Waals surface area contributed by atoms with Gasteiger partial charge in [0.1, 0.15) is 0 Å². The van der Waals surface area contributed by atoms with Gasteiger partial charge in [0.15, 0.2) is 0 Å². The van der Waals surface area contributed by atoms with Gasteiger partial charge < -0.3 is 0 Å². The van der Waals surface area contributed by atoms with E-state index in [4.69, 9.17) is 0 Å². The fraction of sp³-hybridized carbons (Fsp3) is 0.818. The number of rotatable bonds is 0. The molecule has 0 N–H and O–H groups in total. The summed E-state index contributed by atoms with van der Waals surface area (Å²) in [7, 11) is 0. The summed E-state index contributed by atoms with van der Waals surface area (Å²) in [6.07, 6.45) is 20.0. The van der Waals surface area contributed by atoms with Crippen LogP contribution in [0.15, 0.2) is 22.3 Å². The zero-order valence-corrected chi connectivity index (χ0v) is 15.1. The summed E-state index contributed by atoms with van der Waals surface area (Å²) in [5.74, 6) is 1.76. The summed E-state index contributed by atoms with van der Waals surface area (Å²) in [6.45, 7) is 5.03. The minimum atomic E-state index is 0.879. The Hall–Kier alpha value is -0.520. The minimum absolute atomic E-state index is 0.879. The molecule has 0 fully saturated rings. The molecule has 0 aromatic rings. The normalized spacial score (nSPS) is 38.5. The van der Waals surface area contributed by atoms with Gasteiger partial charge in [-0.3, -0.25) is 0 Å². The summed E-state index contributed by atoms with van der Waals surface area (Å²) in [6, 6.07) is 0. The minimum Gasteiger partial charge on any atom is -0.0665 e. The molecular formula is C22H36. The average molecular weight is 301 g/mol. The fourth-order valence-electron chi connectivity index (χ4n) is 5.00. The molecule has 0 aromatic carbocycles. The van der Waals surface area contributed by atoms with E-state index in [1.807, 2.05) is 22.3 Å². The predicted molar refractivity (Wildman–Crippen MR) is 97.0 cm³/mol. The summed E-state index contributed by atoms with van der Waals surface area (Å²) in [4.78, 5) is 0. The summed E-state index contributed by atoms with van der Waals surface area (Å²) in [5, 5.41) is 0. The quantitative estimate of drug-likeness (QED) is 0.438. The molecule has 0 bridgehead atoms. The smallest absolute Gasteiger partial charge is 0.0277 e. The first-order valence-corrected chi connectivity index (χ1v) is 10.2. The highest BCUT2D eigenvalue weighted by atomic mass is 14.3. The molecule has 0 heteroatoms. The average Bonchev–Trinajstić information content (AvgIpc) is 2.46. The highest BCUT2D eigenvalue weighted by Crippen LogP contribution is 2.42. The number of hydrogen-bond donors (Lipinski definition) is 0. The number of allylic oxidation sites excluding steroid dienone is 4. The second-order valence-corrected chi connectivity index (χ2v) is 8.36. The van der Waals surface area contributed by atoms with E-state index in [2.05, 4.69) is 13.8 Å². The van der Waals surface area contributed by atoms with Crippen molar-refractivity contribution < 1.29 is 0 Å². The molecule has 2 atom stereocenters. The van der Waals surface area contributed by atoms with Gasteiger partial charge in [-0.15, -0.1) is 0 Å². The van der Waals surface area contributed by atoms with Crippen LogP contribution in [0.5, 0.6) is 0 Å². The van der Waals surface area contributed by atoms with E-state index in [1.165, 1.54) is 89.9 Å². The largest absolute Gasteiger partial charge is 0.0665 e. The van der Waals surface area contributed by atoms with Gasteiger partial charge in [-0.2, -0.15) is 0 Å². The van der Waals surface area contributed by atoms with Crippen molar-refractivity contribution in [3.05, 3.63) is 22.3 Å². The second-order valence-electron chi connectivity index (χ2n) is 8.36. The maximum absolute atomic E-state index is 2.52. The van der Waals surface area contributed by atoms with Gasteiger partial charge >= 0.3 is 0 Å². The highest BCUT2D eigenvalue weighted by Gasteiger charge is 2.25. The van der Waals surface area contributed by atoms with Crippen LogP contribution in [0.2, 0.25) is 0 Å². The van der Waals surface area contributed by atoms with Crippen LogP contribution in [0, 0.1) is 11.8 Å². The second kappa shape index (κ2) is 7.84.